The molecule has 0 aromatic heterocycles. The Bertz CT molecular complexity index is 1040. The smallest absolute Gasteiger partial charge is 0.198 e. The van der Waals surface area contributed by atoms with E-state index in [1.807, 2.05) is 13.0 Å². The van der Waals surface area contributed by atoms with Gasteiger partial charge in [0.1, 0.15) is 0 Å². The Labute approximate surface area is 169 Å². The van der Waals surface area contributed by atoms with Gasteiger partial charge in [-0.15, -0.1) is 0 Å². The van der Waals surface area contributed by atoms with Gasteiger partial charge in [-0.25, -0.2) is 0 Å². The first-order valence-corrected chi connectivity index (χ1v) is 10.2. The summed E-state index contributed by atoms with van der Waals surface area (Å²) < 4.78 is 12.3. The van der Waals surface area contributed by atoms with Gasteiger partial charge in [0.05, 0.1) is 18.8 Å². The number of benzene rings is 3. The summed E-state index contributed by atoms with van der Waals surface area (Å²) in [5.74, 6) is -0.852. The van der Waals surface area contributed by atoms with Gasteiger partial charge in [-0.05, 0) is 59.4 Å². The third-order valence-electron chi connectivity index (χ3n) is 5.85. The Balaban J connectivity index is 1.52. The molecule has 0 bridgehead atoms. The van der Waals surface area contributed by atoms with Crippen molar-refractivity contribution in [2.45, 2.75) is 50.8 Å². The van der Waals surface area contributed by atoms with Crippen LogP contribution in [-0.4, -0.2) is 17.3 Å². The molecule has 4 heteroatoms. The molecule has 0 aliphatic carbocycles. The molecule has 1 N–H and O–H groups in total. The van der Waals surface area contributed by atoms with Gasteiger partial charge in [0.25, 0.3) is 0 Å². The SMILES string of the molecule is CC1CC(O)C[C@@]2(OCc3cc(Cl)c(Cc4ccc5ccccc5c4)cc32)O1. The molecule has 3 atom stereocenters. The minimum Gasteiger partial charge on any atom is -0.393 e. The van der Waals surface area contributed by atoms with E-state index in [9.17, 15) is 5.11 Å². The molecule has 0 radical (unpaired) electrons. The van der Waals surface area contributed by atoms with Crippen LogP contribution in [0.25, 0.3) is 10.8 Å². The zero-order chi connectivity index (χ0) is 19.3. The number of rotatable bonds is 2. The molecule has 2 aliphatic rings. The maximum Gasteiger partial charge on any atom is 0.198 e. The van der Waals surface area contributed by atoms with Crippen LogP contribution in [0.4, 0.5) is 0 Å². The molecular weight excluding hydrogens is 372 g/mol. The van der Waals surface area contributed by atoms with Crippen LogP contribution in [0.1, 0.15) is 42.0 Å². The van der Waals surface area contributed by atoms with E-state index in [-0.39, 0.29) is 6.10 Å². The number of hydrogen-bond donors (Lipinski definition) is 1. The van der Waals surface area contributed by atoms with Crippen molar-refractivity contribution in [2.24, 2.45) is 0 Å². The van der Waals surface area contributed by atoms with E-state index in [2.05, 4.69) is 48.5 Å². The van der Waals surface area contributed by atoms with Gasteiger partial charge in [0.2, 0.25) is 0 Å². The Hall–Kier alpha value is -1.91. The van der Waals surface area contributed by atoms with Crippen LogP contribution in [0.3, 0.4) is 0 Å². The number of aliphatic hydroxyl groups is 1. The van der Waals surface area contributed by atoms with Crippen LogP contribution in [0.2, 0.25) is 5.02 Å². The van der Waals surface area contributed by atoms with E-state index in [1.54, 1.807) is 0 Å². The van der Waals surface area contributed by atoms with E-state index in [0.717, 1.165) is 28.1 Å². The lowest BCUT2D eigenvalue weighted by molar-refractivity contribution is -0.295. The van der Waals surface area contributed by atoms with Crippen LogP contribution in [0, 0.1) is 0 Å². The van der Waals surface area contributed by atoms with Gasteiger partial charge >= 0.3 is 0 Å². The van der Waals surface area contributed by atoms with Crippen molar-refractivity contribution < 1.29 is 14.6 Å². The van der Waals surface area contributed by atoms with Gasteiger partial charge in [-0.1, -0.05) is 54.1 Å². The lowest BCUT2D eigenvalue weighted by Crippen LogP contribution is -2.43. The summed E-state index contributed by atoms with van der Waals surface area (Å²) in [4.78, 5) is 0. The van der Waals surface area contributed by atoms with Crippen LogP contribution in [-0.2, 0) is 28.3 Å². The molecular formula is C24H23ClO3. The summed E-state index contributed by atoms with van der Waals surface area (Å²) in [7, 11) is 0. The van der Waals surface area contributed by atoms with Crippen LogP contribution in [0.5, 0.6) is 0 Å². The molecule has 1 saturated heterocycles. The van der Waals surface area contributed by atoms with Crippen molar-refractivity contribution >= 4 is 22.4 Å². The predicted octanol–water partition coefficient (Wildman–Crippen LogP) is 5.33. The molecule has 3 aromatic carbocycles. The fourth-order valence-electron chi connectivity index (χ4n) is 4.57. The van der Waals surface area contributed by atoms with Crippen LogP contribution in [0.15, 0.2) is 54.6 Å². The molecule has 3 nitrogen and oxygen atoms in total. The molecule has 3 aromatic rings. The molecule has 2 heterocycles. The van der Waals surface area contributed by atoms with Gasteiger partial charge < -0.3 is 14.6 Å². The number of fused-ring (bicyclic) bond motifs is 3. The molecule has 0 amide bonds. The van der Waals surface area contributed by atoms with Crippen molar-refractivity contribution in [1.29, 1.82) is 0 Å². The molecule has 1 fully saturated rings. The number of ether oxygens (including phenoxy) is 2. The summed E-state index contributed by atoms with van der Waals surface area (Å²) in [5.41, 5.74) is 4.33. The molecule has 28 heavy (non-hydrogen) atoms. The quantitative estimate of drug-likeness (QED) is 0.638. The average Bonchev–Trinajstić information content (AvgIpc) is 2.97. The molecule has 144 valence electrons. The Morgan fingerprint density at radius 3 is 2.75 bits per heavy atom. The Morgan fingerprint density at radius 1 is 1.11 bits per heavy atom. The topological polar surface area (TPSA) is 38.7 Å². The highest BCUT2D eigenvalue weighted by Gasteiger charge is 2.47. The number of hydrogen-bond acceptors (Lipinski definition) is 3. The summed E-state index contributed by atoms with van der Waals surface area (Å²) in [6.45, 7) is 2.45. The zero-order valence-corrected chi connectivity index (χ0v) is 16.6. The molecule has 5 rings (SSSR count). The fraction of sp³-hybridized carbons (Fsp3) is 0.333. The summed E-state index contributed by atoms with van der Waals surface area (Å²) in [5, 5.41) is 13.5. The minimum atomic E-state index is -0.852. The predicted molar refractivity (Wildman–Crippen MR) is 110 cm³/mol. The Morgan fingerprint density at radius 2 is 1.93 bits per heavy atom. The van der Waals surface area contributed by atoms with Crippen molar-refractivity contribution in [3.05, 3.63) is 81.9 Å². The largest absolute Gasteiger partial charge is 0.393 e. The van der Waals surface area contributed by atoms with Crippen LogP contribution >= 0.6 is 11.6 Å². The first-order valence-electron chi connectivity index (χ1n) is 9.82. The summed E-state index contributed by atoms with van der Waals surface area (Å²) in [6.07, 6.45) is 1.37. The lowest BCUT2D eigenvalue weighted by atomic mass is 9.90. The van der Waals surface area contributed by atoms with E-state index < -0.39 is 11.9 Å². The highest BCUT2D eigenvalue weighted by atomic mass is 35.5. The maximum atomic E-state index is 10.3. The highest BCUT2D eigenvalue weighted by Crippen LogP contribution is 2.46. The summed E-state index contributed by atoms with van der Waals surface area (Å²) >= 11 is 6.61. The third-order valence-corrected chi connectivity index (χ3v) is 6.20. The van der Waals surface area contributed by atoms with Crippen molar-refractivity contribution in [3.8, 4) is 0 Å². The van der Waals surface area contributed by atoms with E-state index in [4.69, 9.17) is 21.1 Å². The molecule has 2 aliphatic heterocycles. The van der Waals surface area contributed by atoms with Crippen molar-refractivity contribution in [2.75, 3.05) is 0 Å². The first kappa shape index (κ1) is 18.1. The van der Waals surface area contributed by atoms with Crippen molar-refractivity contribution in [3.63, 3.8) is 0 Å². The molecule has 2 unspecified atom stereocenters. The Kier molecular flexibility index (Phi) is 4.44. The second-order valence-corrected chi connectivity index (χ2v) is 8.43. The second-order valence-electron chi connectivity index (χ2n) is 8.02. The van der Waals surface area contributed by atoms with Crippen LogP contribution < -0.4 is 0 Å². The monoisotopic (exact) mass is 394 g/mol. The van der Waals surface area contributed by atoms with E-state index in [1.165, 1.54) is 16.3 Å². The number of aliphatic hydroxyl groups excluding tert-OH is 1. The lowest BCUT2D eigenvalue weighted by Gasteiger charge is -2.39. The number of halogens is 1. The normalized spacial score (nSPS) is 26.7. The second kappa shape index (κ2) is 6.85. The van der Waals surface area contributed by atoms with E-state index in [0.29, 0.717) is 19.4 Å². The average molecular weight is 395 g/mol. The van der Waals surface area contributed by atoms with Gasteiger partial charge in [-0.2, -0.15) is 0 Å². The summed E-state index contributed by atoms with van der Waals surface area (Å²) in [6, 6.07) is 19.0. The fourth-order valence-corrected chi connectivity index (χ4v) is 4.83. The first-order chi connectivity index (χ1) is 13.5. The van der Waals surface area contributed by atoms with Crippen molar-refractivity contribution in [1.82, 2.24) is 0 Å². The minimum absolute atomic E-state index is 0.0469. The van der Waals surface area contributed by atoms with Gasteiger partial charge in [-0.3, -0.25) is 0 Å². The standard InChI is InChI=1S/C24H23ClO3/c1-15-8-21(26)13-24(28-15)22-11-19(23(25)12-20(22)14-27-24)10-16-6-7-17-4-2-3-5-18(17)9-16/h2-7,9,11-12,15,21,26H,8,10,13-14H2,1H3/t15?,21?,24-/m1/s1. The molecule has 0 saturated carbocycles. The van der Waals surface area contributed by atoms with Gasteiger partial charge in [0, 0.05) is 17.0 Å². The highest BCUT2D eigenvalue weighted by molar-refractivity contribution is 6.31. The van der Waals surface area contributed by atoms with Gasteiger partial charge in [0.15, 0.2) is 5.79 Å². The maximum absolute atomic E-state index is 10.3. The third kappa shape index (κ3) is 3.13. The molecule has 1 spiro atoms. The van der Waals surface area contributed by atoms with E-state index >= 15 is 0 Å². The zero-order valence-electron chi connectivity index (χ0n) is 15.8.